The molecular formula is C20H25N7O. The standard InChI is InChI=1S/C20H25N7O/c1-2-6-27-16-17(21-18(27)3-1)15-24-7-9-25(10-8-24)19-4-5-20(23-22-19)26-11-13-28-14-12-26/h1-6,16H,7-15H2. The van der Waals surface area contributed by atoms with Crippen molar-refractivity contribution in [2.24, 2.45) is 0 Å². The Morgan fingerprint density at radius 1 is 0.821 bits per heavy atom. The molecule has 0 bridgehead atoms. The van der Waals surface area contributed by atoms with Crippen LogP contribution in [0.15, 0.2) is 42.7 Å². The first-order chi connectivity index (χ1) is 13.8. The van der Waals surface area contributed by atoms with Gasteiger partial charge in [0.15, 0.2) is 11.6 Å². The highest BCUT2D eigenvalue weighted by molar-refractivity contribution is 5.45. The summed E-state index contributed by atoms with van der Waals surface area (Å²) in [5.74, 6) is 1.90. The van der Waals surface area contributed by atoms with Crippen LogP contribution in [0.5, 0.6) is 0 Å². The summed E-state index contributed by atoms with van der Waals surface area (Å²) < 4.78 is 7.48. The zero-order chi connectivity index (χ0) is 18.8. The smallest absolute Gasteiger partial charge is 0.151 e. The number of pyridine rings is 1. The molecule has 2 saturated heterocycles. The van der Waals surface area contributed by atoms with Gasteiger partial charge in [0.1, 0.15) is 5.65 Å². The van der Waals surface area contributed by atoms with Gasteiger partial charge >= 0.3 is 0 Å². The predicted molar refractivity (Wildman–Crippen MR) is 108 cm³/mol. The van der Waals surface area contributed by atoms with Crippen LogP contribution in [-0.4, -0.2) is 77.0 Å². The van der Waals surface area contributed by atoms with E-state index in [0.717, 1.165) is 82.0 Å². The van der Waals surface area contributed by atoms with Gasteiger partial charge in [-0.2, -0.15) is 0 Å². The molecule has 146 valence electrons. The predicted octanol–water partition coefficient (Wildman–Crippen LogP) is 1.28. The van der Waals surface area contributed by atoms with Crippen LogP contribution in [-0.2, 0) is 11.3 Å². The third-order valence-electron chi connectivity index (χ3n) is 5.47. The molecule has 0 spiro atoms. The van der Waals surface area contributed by atoms with E-state index >= 15 is 0 Å². The number of rotatable bonds is 4. The number of fused-ring (bicyclic) bond motifs is 1. The van der Waals surface area contributed by atoms with Gasteiger partial charge in [-0.05, 0) is 24.3 Å². The largest absolute Gasteiger partial charge is 0.378 e. The Morgan fingerprint density at radius 3 is 2.21 bits per heavy atom. The van der Waals surface area contributed by atoms with E-state index in [-0.39, 0.29) is 0 Å². The van der Waals surface area contributed by atoms with Crippen molar-refractivity contribution in [1.82, 2.24) is 24.5 Å². The summed E-state index contributed by atoms with van der Waals surface area (Å²) in [5, 5.41) is 8.92. The number of anilines is 2. The Bertz CT molecular complexity index is 879. The highest BCUT2D eigenvalue weighted by Gasteiger charge is 2.20. The first-order valence-electron chi connectivity index (χ1n) is 9.91. The summed E-state index contributed by atoms with van der Waals surface area (Å²) in [5.41, 5.74) is 2.13. The van der Waals surface area contributed by atoms with Crippen LogP contribution >= 0.6 is 0 Å². The van der Waals surface area contributed by atoms with Crippen molar-refractivity contribution in [3.05, 3.63) is 48.4 Å². The molecule has 0 aliphatic carbocycles. The molecule has 8 nitrogen and oxygen atoms in total. The normalized spacial score (nSPS) is 18.7. The van der Waals surface area contributed by atoms with E-state index in [9.17, 15) is 0 Å². The maximum Gasteiger partial charge on any atom is 0.151 e. The van der Waals surface area contributed by atoms with E-state index in [2.05, 4.69) is 47.6 Å². The molecule has 0 radical (unpaired) electrons. The van der Waals surface area contributed by atoms with Crippen molar-refractivity contribution in [2.45, 2.75) is 6.54 Å². The van der Waals surface area contributed by atoms with Gasteiger partial charge in [0.2, 0.25) is 0 Å². The molecule has 28 heavy (non-hydrogen) atoms. The van der Waals surface area contributed by atoms with E-state index in [1.165, 1.54) is 0 Å². The number of morpholine rings is 1. The zero-order valence-corrected chi connectivity index (χ0v) is 15.9. The van der Waals surface area contributed by atoms with Crippen molar-refractivity contribution in [3.8, 4) is 0 Å². The number of nitrogens with zero attached hydrogens (tertiary/aromatic N) is 7. The number of hydrogen-bond acceptors (Lipinski definition) is 7. The van der Waals surface area contributed by atoms with Crippen molar-refractivity contribution in [1.29, 1.82) is 0 Å². The van der Waals surface area contributed by atoms with E-state index < -0.39 is 0 Å². The van der Waals surface area contributed by atoms with Crippen molar-refractivity contribution >= 4 is 17.3 Å². The molecule has 5 heterocycles. The fraction of sp³-hybridized carbons (Fsp3) is 0.450. The molecule has 2 aliphatic rings. The molecule has 0 unspecified atom stereocenters. The van der Waals surface area contributed by atoms with Crippen LogP contribution in [0.1, 0.15) is 5.69 Å². The summed E-state index contributed by atoms with van der Waals surface area (Å²) in [6, 6.07) is 10.3. The lowest BCUT2D eigenvalue weighted by Crippen LogP contribution is -2.46. The summed E-state index contributed by atoms with van der Waals surface area (Å²) in [4.78, 5) is 11.7. The molecule has 0 amide bonds. The highest BCUT2D eigenvalue weighted by atomic mass is 16.5. The lowest BCUT2D eigenvalue weighted by molar-refractivity contribution is 0.122. The van der Waals surface area contributed by atoms with Crippen molar-refractivity contribution < 1.29 is 4.74 Å². The second-order valence-corrected chi connectivity index (χ2v) is 7.31. The van der Waals surface area contributed by atoms with Crippen LogP contribution in [0.4, 0.5) is 11.6 Å². The average molecular weight is 379 g/mol. The first kappa shape index (κ1) is 17.4. The minimum atomic E-state index is 0.762. The Labute approximate surface area is 164 Å². The molecule has 2 fully saturated rings. The van der Waals surface area contributed by atoms with Crippen LogP contribution < -0.4 is 9.80 Å². The fourth-order valence-electron chi connectivity index (χ4n) is 3.88. The Hall–Kier alpha value is -2.71. The molecule has 0 atom stereocenters. The summed E-state index contributed by atoms with van der Waals surface area (Å²) in [7, 11) is 0. The van der Waals surface area contributed by atoms with Gasteiger partial charge < -0.3 is 18.9 Å². The van der Waals surface area contributed by atoms with Gasteiger partial charge in [-0.25, -0.2) is 4.98 Å². The fourth-order valence-corrected chi connectivity index (χ4v) is 3.88. The van der Waals surface area contributed by atoms with Crippen LogP contribution in [0.25, 0.3) is 5.65 Å². The molecule has 2 aliphatic heterocycles. The molecule has 0 aromatic carbocycles. The van der Waals surface area contributed by atoms with Crippen LogP contribution in [0.3, 0.4) is 0 Å². The summed E-state index contributed by atoms with van der Waals surface area (Å²) in [6.07, 6.45) is 4.17. The van der Waals surface area contributed by atoms with Crippen molar-refractivity contribution in [3.63, 3.8) is 0 Å². The number of ether oxygens (including phenoxy) is 1. The number of imidazole rings is 1. The van der Waals surface area contributed by atoms with Gasteiger partial charge in [0.25, 0.3) is 0 Å². The lowest BCUT2D eigenvalue weighted by atomic mass is 10.3. The quantitative estimate of drug-likeness (QED) is 0.677. The minimum Gasteiger partial charge on any atom is -0.378 e. The van der Waals surface area contributed by atoms with E-state index in [1.807, 2.05) is 24.4 Å². The molecule has 3 aromatic heterocycles. The third kappa shape index (κ3) is 3.65. The van der Waals surface area contributed by atoms with Crippen LogP contribution in [0, 0.1) is 0 Å². The molecule has 3 aromatic rings. The highest BCUT2D eigenvalue weighted by Crippen LogP contribution is 2.18. The molecule has 0 saturated carbocycles. The number of hydrogen-bond donors (Lipinski definition) is 0. The number of aromatic nitrogens is 4. The Balaban J connectivity index is 1.17. The molecular weight excluding hydrogens is 354 g/mol. The van der Waals surface area contributed by atoms with Gasteiger partial charge in [0.05, 0.1) is 18.9 Å². The SMILES string of the molecule is c1ccn2cc(CN3CCN(c4ccc(N5CCOCC5)nn4)CC3)nc2c1. The van der Waals surface area contributed by atoms with Crippen LogP contribution in [0.2, 0.25) is 0 Å². The lowest BCUT2D eigenvalue weighted by Gasteiger charge is -2.35. The zero-order valence-electron chi connectivity index (χ0n) is 15.9. The Kier molecular flexibility index (Phi) is 4.80. The number of piperazine rings is 1. The van der Waals surface area contributed by atoms with Gasteiger partial charge in [-0.15, -0.1) is 10.2 Å². The molecule has 8 heteroatoms. The molecule has 5 rings (SSSR count). The maximum atomic E-state index is 5.40. The maximum absolute atomic E-state index is 5.40. The van der Waals surface area contributed by atoms with Gasteiger partial charge in [0, 0.05) is 58.2 Å². The monoisotopic (exact) mass is 379 g/mol. The average Bonchev–Trinajstić information content (AvgIpc) is 3.17. The van der Waals surface area contributed by atoms with E-state index in [1.54, 1.807) is 0 Å². The topological polar surface area (TPSA) is 62.0 Å². The van der Waals surface area contributed by atoms with Gasteiger partial charge in [-0.3, -0.25) is 4.90 Å². The Morgan fingerprint density at radius 2 is 1.54 bits per heavy atom. The third-order valence-corrected chi connectivity index (χ3v) is 5.47. The second-order valence-electron chi connectivity index (χ2n) is 7.31. The van der Waals surface area contributed by atoms with Crippen molar-refractivity contribution in [2.75, 3.05) is 62.3 Å². The van der Waals surface area contributed by atoms with E-state index in [0.29, 0.717) is 0 Å². The summed E-state index contributed by atoms with van der Waals surface area (Å²) >= 11 is 0. The minimum absolute atomic E-state index is 0.762. The van der Waals surface area contributed by atoms with E-state index in [4.69, 9.17) is 9.72 Å². The second kappa shape index (κ2) is 7.73. The molecule has 0 N–H and O–H groups in total. The summed E-state index contributed by atoms with van der Waals surface area (Å²) in [6.45, 7) is 8.09. The first-order valence-corrected chi connectivity index (χ1v) is 9.91. The van der Waals surface area contributed by atoms with Gasteiger partial charge in [-0.1, -0.05) is 6.07 Å².